The minimum absolute atomic E-state index is 0.0383. The van der Waals surface area contributed by atoms with Gasteiger partial charge in [-0.2, -0.15) is 0 Å². The Labute approximate surface area is 121 Å². The van der Waals surface area contributed by atoms with Gasteiger partial charge in [0.05, 0.1) is 18.2 Å². The van der Waals surface area contributed by atoms with Crippen LogP contribution in [0.15, 0.2) is 42.5 Å². The minimum atomic E-state index is -1.10. The number of hydrogen-bond donors (Lipinski definition) is 3. The number of aromatic hydroxyl groups is 1. The van der Waals surface area contributed by atoms with Crippen molar-refractivity contribution in [1.82, 2.24) is 0 Å². The first-order chi connectivity index (χ1) is 9.97. The number of aliphatic hydroxyl groups excluding tert-OH is 1. The number of halogens is 1. The molecule has 0 spiro atoms. The monoisotopic (exact) mass is 289 g/mol. The summed E-state index contributed by atoms with van der Waals surface area (Å²) in [4.78, 5) is 11.9. The Morgan fingerprint density at radius 2 is 2.00 bits per heavy atom. The molecule has 0 aliphatic carbocycles. The average molecular weight is 289 g/mol. The van der Waals surface area contributed by atoms with Crippen LogP contribution in [-0.2, 0) is 4.79 Å². The van der Waals surface area contributed by atoms with Gasteiger partial charge in [0.2, 0.25) is 5.91 Å². The van der Waals surface area contributed by atoms with Gasteiger partial charge >= 0.3 is 0 Å². The van der Waals surface area contributed by atoms with Crippen molar-refractivity contribution < 1.29 is 19.4 Å². The molecule has 1 atom stereocenters. The molecule has 4 nitrogen and oxygen atoms in total. The van der Waals surface area contributed by atoms with Gasteiger partial charge in [0.25, 0.3) is 0 Å². The number of aryl methyl sites for hydroxylation is 1. The zero-order valence-electron chi connectivity index (χ0n) is 11.5. The topological polar surface area (TPSA) is 69.6 Å². The number of benzene rings is 2. The lowest BCUT2D eigenvalue weighted by Crippen LogP contribution is -2.16. The second kappa shape index (κ2) is 6.37. The van der Waals surface area contributed by atoms with Crippen LogP contribution in [0.3, 0.4) is 0 Å². The highest BCUT2D eigenvalue weighted by Crippen LogP contribution is 2.27. The van der Waals surface area contributed by atoms with E-state index in [9.17, 15) is 19.4 Å². The van der Waals surface area contributed by atoms with Crippen molar-refractivity contribution in [3.05, 3.63) is 59.4 Å². The summed E-state index contributed by atoms with van der Waals surface area (Å²) in [6.07, 6.45) is -1.33. The van der Waals surface area contributed by atoms with Gasteiger partial charge in [-0.1, -0.05) is 24.3 Å². The summed E-state index contributed by atoms with van der Waals surface area (Å²) in [5.41, 5.74) is 1.36. The van der Waals surface area contributed by atoms with Gasteiger partial charge in [-0.3, -0.25) is 4.79 Å². The fourth-order valence-electron chi connectivity index (χ4n) is 2.01. The number of para-hydroxylation sites is 1. The SMILES string of the molecule is Cc1cccc(O)c1NC(=O)CC(O)c1cccc(F)c1. The first-order valence-corrected chi connectivity index (χ1v) is 6.49. The van der Waals surface area contributed by atoms with Crippen molar-refractivity contribution >= 4 is 11.6 Å². The third-order valence-corrected chi connectivity index (χ3v) is 3.13. The Balaban J connectivity index is 2.05. The molecule has 0 aromatic heterocycles. The molecule has 2 aromatic carbocycles. The predicted octanol–water partition coefficient (Wildman–Crippen LogP) is 2.90. The summed E-state index contributed by atoms with van der Waals surface area (Å²) in [5.74, 6) is -0.969. The number of nitrogens with one attached hydrogen (secondary N) is 1. The number of amides is 1. The van der Waals surface area contributed by atoms with Crippen molar-refractivity contribution in [2.75, 3.05) is 5.32 Å². The third kappa shape index (κ3) is 3.79. The van der Waals surface area contributed by atoms with E-state index in [4.69, 9.17) is 0 Å². The van der Waals surface area contributed by atoms with Crippen LogP contribution < -0.4 is 5.32 Å². The number of carbonyl (C=O) groups is 1. The summed E-state index contributed by atoms with van der Waals surface area (Å²) >= 11 is 0. The minimum Gasteiger partial charge on any atom is -0.506 e. The molecule has 0 heterocycles. The first-order valence-electron chi connectivity index (χ1n) is 6.49. The van der Waals surface area contributed by atoms with E-state index in [-0.39, 0.29) is 12.2 Å². The van der Waals surface area contributed by atoms with Gasteiger partial charge in [0.1, 0.15) is 11.6 Å². The van der Waals surface area contributed by atoms with Crippen LogP contribution in [0.25, 0.3) is 0 Å². The van der Waals surface area contributed by atoms with Crippen LogP contribution in [0.2, 0.25) is 0 Å². The summed E-state index contributed by atoms with van der Waals surface area (Å²) in [7, 11) is 0. The van der Waals surface area contributed by atoms with E-state index in [1.54, 1.807) is 25.1 Å². The molecule has 1 amide bonds. The maximum Gasteiger partial charge on any atom is 0.227 e. The first kappa shape index (κ1) is 15.0. The van der Waals surface area contributed by atoms with Crippen molar-refractivity contribution in [3.8, 4) is 5.75 Å². The van der Waals surface area contributed by atoms with Crippen molar-refractivity contribution in [1.29, 1.82) is 0 Å². The van der Waals surface area contributed by atoms with Gasteiger partial charge in [0.15, 0.2) is 0 Å². The van der Waals surface area contributed by atoms with E-state index >= 15 is 0 Å². The molecule has 5 heteroatoms. The lowest BCUT2D eigenvalue weighted by Gasteiger charge is -2.13. The maximum absolute atomic E-state index is 13.1. The zero-order valence-corrected chi connectivity index (χ0v) is 11.5. The van der Waals surface area contributed by atoms with Crippen LogP contribution in [0.4, 0.5) is 10.1 Å². The molecule has 2 rings (SSSR count). The van der Waals surface area contributed by atoms with Crippen LogP contribution >= 0.6 is 0 Å². The van der Waals surface area contributed by atoms with Crippen LogP contribution in [0.1, 0.15) is 23.7 Å². The Bertz CT molecular complexity index is 637. The van der Waals surface area contributed by atoms with Crippen molar-refractivity contribution in [3.63, 3.8) is 0 Å². The quantitative estimate of drug-likeness (QED) is 0.758. The Morgan fingerprint density at radius 3 is 2.67 bits per heavy atom. The maximum atomic E-state index is 13.1. The van der Waals surface area contributed by atoms with E-state index in [0.717, 1.165) is 0 Å². The van der Waals surface area contributed by atoms with E-state index < -0.39 is 17.8 Å². The molecule has 0 saturated heterocycles. The largest absolute Gasteiger partial charge is 0.506 e. The Morgan fingerprint density at radius 1 is 1.29 bits per heavy atom. The fourth-order valence-corrected chi connectivity index (χ4v) is 2.01. The molecule has 3 N–H and O–H groups in total. The molecule has 0 fully saturated rings. The molecule has 0 bridgehead atoms. The van der Waals surface area contributed by atoms with Gasteiger partial charge in [0, 0.05) is 0 Å². The summed E-state index contributed by atoms with van der Waals surface area (Å²) < 4.78 is 13.1. The number of aliphatic hydroxyl groups is 1. The van der Waals surface area contributed by atoms with Crippen molar-refractivity contribution in [2.45, 2.75) is 19.4 Å². The van der Waals surface area contributed by atoms with Crippen LogP contribution in [0, 0.1) is 12.7 Å². The average Bonchev–Trinajstić information content (AvgIpc) is 2.43. The Hall–Kier alpha value is -2.40. The lowest BCUT2D eigenvalue weighted by atomic mass is 10.1. The fraction of sp³-hybridized carbons (Fsp3) is 0.188. The molecule has 21 heavy (non-hydrogen) atoms. The number of carbonyl (C=O) groups excluding carboxylic acids is 1. The standard InChI is InChI=1S/C16H16FNO3/c1-10-4-2-7-13(19)16(10)18-15(21)9-14(20)11-5-3-6-12(17)8-11/h2-8,14,19-20H,9H2,1H3,(H,18,21). The molecule has 0 radical (unpaired) electrons. The van der Waals surface area contributed by atoms with Gasteiger partial charge < -0.3 is 15.5 Å². The smallest absolute Gasteiger partial charge is 0.227 e. The van der Waals surface area contributed by atoms with Gasteiger partial charge in [-0.25, -0.2) is 4.39 Å². The number of anilines is 1. The van der Waals surface area contributed by atoms with Gasteiger partial charge in [-0.05, 0) is 36.2 Å². The highest BCUT2D eigenvalue weighted by molar-refractivity contribution is 5.93. The third-order valence-electron chi connectivity index (χ3n) is 3.13. The molecule has 0 aliphatic rings. The molecular weight excluding hydrogens is 273 g/mol. The molecular formula is C16H16FNO3. The van der Waals surface area contributed by atoms with E-state index in [1.165, 1.54) is 24.3 Å². The second-order valence-electron chi connectivity index (χ2n) is 4.79. The molecule has 2 aromatic rings. The van der Waals surface area contributed by atoms with E-state index in [1.807, 2.05) is 0 Å². The number of phenols is 1. The number of hydrogen-bond acceptors (Lipinski definition) is 3. The van der Waals surface area contributed by atoms with Crippen molar-refractivity contribution in [2.24, 2.45) is 0 Å². The predicted molar refractivity (Wildman–Crippen MR) is 77.5 cm³/mol. The van der Waals surface area contributed by atoms with Crippen LogP contribution in [-0.4, -0.2) is 16.1 Å². The Kier molecular flexibility index (Phi) is 4.55. The number of rotatable bonds is 4. The molecule has 110 valence electrons. The highest BCUT2D eigenvalue weighted by atomic mass is 19.1. The van der Waals surface area contributed by atoms with E-state index in [0.29, 0.717) is 16.8 Å². The van der Waals surface area contributed by atoms with E-state index in [2.05, 4.69) is 5.32 Å². The zero-order chi connectivity index (χ0) is 15.4. The molecule has 1 unspecified atom stereocenters. The summed E-state index contributed by atoms with van der Waals surface area (Å²) in [6, 6.07) is 10.3. The summed E-state index contributed by atoms with van der Waals surface area (Å²) in [5, 5.41) is 22.2. The normalized spacial score (nSPS) is 12.0. The lowest BCUT2D eigenvalue weighted by molar-refractivity contribution is -0.118. The molecule has 0 saturated carbocycles. The molecule has 0 aliphatic heterocycles. The highest BCUT2D eigenvalue weighted by Gasteiger charge is 2.15. The van der Waals surface area contributed by atoms with Crippen LogP contribution in [0.5, 0.6) is 5.75 Å². The second-order valence-corrected chi connectivity index (χ2v) is 4.79. The van der Waals surface area contributed by atoms with Gasteiger partial charge in [-0.15, -0.1) is 0 Å². The summed E-state index contributed by atoms with van der Waals surface area (Å²) in [6.45, 7) is 1.75. The number of phenolic OH excluding ortho intramolecular Hbond substituents is 1.